The first kappa shape index (κ1) is 29.4. The summed E-state index contributed by atoms with van der Waals surface area (Å²) >= 11 is 1.15. The van der Waals surface area contributed by atoms with Crippen LogP contribution in [0.1, 0.15) is 52.9 Å². The molecule has 0 unspecified atom stereocenters. The average Bonchev–Trinajstić information content (AvgIpc) is 3.50. The van der Waals surface area contributed by atoms with E-state index < -0.39 is 28.5 Å². The van der Waals surface area contributed by atoms with Crippen molar-refractivity contribution in [3.05, 3.63) is 103 Å². The summed E-state index contributed by atoms with van der Waals surface area (Å²) in [6.45, 7) is 0.400. The van der Waals surface area contributed by atoms with Crippen molar-refractivity contribution in [2.75, 3.05) is 21.3 Å². The van der Waals surface area contributed by atoms with Crippen LogP contribution >= 0.6 is 11.3 Å². The fourth-order valence-corrected chi connectivity index (χ4v) is 6.26. The molecule has 1 fully saturated rings. The second-order valence-corrected chi connectivity index (χ2v) is 11.7. The smallest absolute Gasteiger partial charge is 0.380 e. The lowest BCUT2D eigenvalue weighted by Gasteiger charge is -2.25. The molecule has 3 aromatic carbocycles. The number of anilines is 5. The molecule has 226 valence electrons. The third kappa shape index (κ3) is 6.16. The Bertz CT molecular complexity index is 1900. The van der Waals surface area contributed by atoms with Crippen LogP contribution in [0.5, 0.6) is 0 Å². The zero-order chi connectivity index (χ0) is 30.8. The van der Waals surface area contributed by atoms with Crippen LogP contribution in [0.2, 0.25) is 0 Å². The van der Waals surface area contributed by atoms with Gasteiger partial charge < -0.3 is 21.3 Å². The molecule has 1 aliphatic rings. The molecule has 1 saturated carbocycles. The number of carbonyl (C=O) groups is 1. The van der Waals surface area contributed by atoms with Crippen molar-refractivity contribution in [1.29, 1.82) is 0 Å². The van der Waals surface area contributed by atoms with E-state index >= 15 is 0 Å². The Hall–Kier alpha value is -4.71. The number of alkyl halides is 3. The van der Waals surface area contributed by atoms with Gasteiger partial charge >= 0.3 is 6.18 Å². The minimum Gasteiger partial charge on any atom is -0.380 e. The number of rotatable bonds is 9. The van der Waals surface area contributed by atoms with Crippen molar-refractivity contribution < 1.29 is 18.0 Å². The van der Waals surface area contributed by atoms with E-state index in [0.29, 0.717) is 12.2 Å². The zero-order valence-electron chi connectivity index (χ0n) is 23.4. The van der Waals surface area contributed by atoms with E-state index in [2.05, 4.69) is 26.3 Å². The highest BCUT2D eigenvalue weighted by molar-refractivity contribution is 7.12. The predicted molar refractivity (Wildman–Crippen MR) is 168 cm³/mol. The van der Waals surface area contributed by atoms with Gasteiger partial charge in [-0.2, -0.15) is 13.2 Å². The maximum absolute atomic E-state index is 13.9. The Morgan fingerprint density at radius 1 is 0.932 bits per heavy atom. The first-order valence-corrected chi connectivity index (χ1v) is 15.1. The second-order valence-electron chi connectivity index (χ2n) is 10.8. The van der Waals surface area contributed by atoms with E-state index in [-0.39, 0.29) is 33.7 Å². The molecule has 0 spiro atoms. The fraction of sp³-hybridized carbons (Fsp3) is 0.250. The summed E-state index contributed by atoms with van der Waals surface area (Å²) in [7, 11) is 0. The predicted octanol–water partition coefficient (Wildman–Crippen LogP) is 7.26. The number of nitrogens with zero attached hydrogens (tertiary/aromatic N) is 1. The molecule has 0 saturated heterocycles. The van der Waals surface area contributed by atoms with Crippen LogP contribution in [-0.2, 0) is 12.7 Å². The van der Waals surface area contributed by atoms with E-state index in [0.717, 1.165) is 72.0 Å². The summed E-state index contributed by atoms with van der Waals surface area (Å²) in [4.78, 5) is 42.6. The van der Waals surface area contributed by atoms with E-state index in [1.165, 1.54) is 6.07 Å². The summed E-state index contributed by atoms with van der Waals surface area (Å²) in [6, 6.07) is 14.3. The van der Waals surface area contributed by atoms with Crippen LogP contribution in [0.3, 0.4) is 0 Å². The SMILES string of the molecule is O=C(Nc1cc(Nc2c(NC3CCCCC3)c(=O)c2=O)cc(C(F)(F)F)c1)c1sccc1NCc1ccnc2ccccc12. The van der Waals surface area contributed by atoms with Gasteiger partial charge in [-0.3, -0.25) is 19.4 Å². The van der Waals surface area contributed by atoms with Gasteiger partial charge in [0.2, 0.25) is 0 Å². The monoisotopic (exact) mass is 619 g/mol. The molecule has 12 heteroatoms. The number of hydrogen-bond donors (Lipinski definition) is 4. The quantitative estimate of drug-likeness (QED) is 0.129. The fourth-order valence-electron chi connectivity index (χ4n) is 5.49. The number of aromatic nitrogens is 1. The molecule has 0 radical (unpaired) electrons. The minimum atomic E-state index is -4.73. The molecule has 8 nitrogen and oxygen atoms in total. The molecular formula is C32H28F3N5O3S. The van der Waals surface area contributed by atoms with Gasteiger partial charge in [0.05, 0.1) is 16.8 Å². The van der Waals surface area contributed by atoms with E-state index in [1.807, 2.05) is 30.3 Å². The van der Waals surface area contributed by atoms with Crippen LogP contribution in [0.25, 0.3) is 10.9 Å². The molecule has 0 bridgehead atoms. The first-order chi connectivity index (χ1) is 21.2. The highest BCUT2D eigenvalue weighted by Gasteiger charge is 2.32. The second kappa shape index (κ2) is 12.1. The lowest BCUT2D eigenvalue weighted by molar-refractivity contribution is -0.137. The summed E-state index contributed by atoms with van der Waals surface area (Å²) < 4.78 is 41.6. The molecule has 0 atom stereocenters. The third-order valence-corrected chi connectivity index (χ3v) is 8.64. The van der Waals surface area contributed by atoms with Gasteiger partial charge in [-0.15, -0.1) is 11.3 Å². The Morgan fingerprint density at radius 2 is 1.68 bits per heavy atom. The zero-order valence-corrected chi connectivity index (χ0v) is 24.2. The average molecular weight is 620 g/mol. The van der Waals surface area contributed by atoms with Crippen LogP contribution in [0.15, 0.2) is 75.8 Å². The maximum atomic E-state index is 13.9. The molecule has 5 aromatic rings. The molecule has 4 N–H and O–H groups in total. The van der Waals surface area contributed by atoms with Crippen molar-refractivity contribution in [3.63, 3.8) is 0 Å². The van der Waals surface area contributed by atoms with Crippen molar-refractivity contribution in [1.82, 2.24) is 4.98 Å². The van der Waals surface area contributed by atoms with E-state index in [9.17, 15) is 27.6 Å². The maximum Gasteiger partial charge on any atom is 0.416 e. The number of thiophene rings is 1. The Balaban J connectivity index is 1.21. The molecule has 1 aliphatic carbocycles. The summed E-state index contributed by atoms with van der Waals surface area (Å²) in [6.07, 6.45) is 1.75. The topological polar surface area (TPSA) is 112 Å². The van der Waals surface area contributed by atoms with Crippen molar-refractivity contribution in [2.45, 2.75) is 50.9 Å². The number of hydrogen-bond acceptors (Lipinski definition) is 8. The number of nitrogens with one attached hydrogen (secondary N) is 4. The lowest BCUT2D eigenvalue weighted by atomic mass is 9.95. The van der Waals surface area contributed by atoms with Crippen LogP contribution in [-0.4, -0.2) is 16.9 Å². The molecule has 2 heterocycles. The molecule has 0 aliphatic heterocycles. The number of pyridine rings is 1. The Labute approximate surface area is 254 Å². The molecule has 2 aromatic heterocycles. The number of halogens is 3. The Kier molecular flexibility index (Phi) is 8.09. The number of benzene rings is 2. The molecular weight excluding hydrogens is 591 g/mol. The molecule has 44 heavy (non-hydrogen) atoms. The normalized spacial score (nSPS) is 14.1. The van der Waals surface area contributed by atoms with Gasteiger partial charge in [-0.05, 0) is 60.2 Å². The van der Waals surface area contributed by atoms with E-state index in [1.54, 1.807) is 17.6 Å². The standard InChI is InChI=1S/C32H28F3N5O3S/c33-32(34,35)19-14-21(39-27-26(28(41)29(27)42)38-20-6-2-1-3-7-20)16-22(15-19)40-31(43)30-25(11-13-44-30)37-17-18-10-12-36-24-9-5-4-8-23(18)24/h4-5,8-16,20,37-39H,1-3,6-7,17H2,(H,40,43). The van der Waals surface area contributed by atoms with Gasteiger partial charge in [-0.25, -0.2) is 0 Å². The van der Waals surface area contributed by atoms with Crippen LogP contribution in [0, 0.1) is 0 Å². The van der Waals surface area contributed by atoms with Gasteiger partial charge in [0, 0.05) is 35.5 Å². The first-order valence-electron chi connectivity index (χ1n) is 14.2. The largest absolute Gasteiger partial charge is 0.416 e. The van der Waals surface area contributed by atoms with Gasteiger partial charge in [0.25, 0.3) is 16.8 Å². The highest BCUT2D eigenvalue weighted by atomic mass is 32.1. The third-order valence-electron chi connectivity index (χ3n) is 7.73. The van der Waals surface area contributed by atoms with Gasteiger partial charge in [0.1, 0.15) is 16.3 Å². The van der Waals surface area contributed by atoms with Gasteiger partial charge in [0.15, 0.2) is 0 Å². The molecule has 1 amide bonds. The highest BCUT2D eigenvalue weighted by Crippen LogP contribution is 2.36. The lowest BCUT2D eigenvalue weighted by Crippen LogP contribution is -2.39. The number of carbonyl (C=O) groups excluding carboxylic acids is 1. The molecule has 6 rings (SSSR count). The summed E-state index contributed by atoms with van der Waals surface area (Å²) in [5.74, 6) is -0.596. The van der Waals surface area contributed by atoms with Crippen molar-refractivity contribution in [3.8, 4) is 0 Å². The summed E-state index contributed by atoms with van der Waals surface area (Å²) in [5.41, 5.74) is -0.379. The Morgan fingerprint density at radius 3 is 2.48 bits per heavy atom. The van der Waals surface area contributed by atoms with Crippen LogP contribution < -0.4 is 32.1 Å². The van der Waals surface area contributed by atoms with Crippen molar-refractivity contribution in [2.24, 2.45) is 0 Å². The summed E-state index contributed by atoms with van der Waals surface area (Å²) in [5, 5.41) is 14.3. The van der Waals surface area contributed by atoms with Crippen LogP contribution in [0.4, 0.5) is 41.6 Å². The number of para-hydroxylation sites is 1. The minimum absolute atomic E-state index is 0.0230. The van der Waals surface area contributed by atoms with Gasteiger partial charge in [-0.1, -0.05) is 37.5 Å². The van der Waals surface area contributed by atoms with E-state index in [4.69, 9.17) is 0 Å². The van der Waals surface area contributed by atoms with Crippen molar-refractivity contribution >= 4 is 56.6 Å². The number of amides is 1. The number of fused-ring (bicyclic) bond motifs is 1.